The van der Waals surface area contributed by atoms with E-state index in [0.717, 1.165) is 29.8 Å². The minimum absolute atomic E-state index is 0.0966. The number of carbonyl (C=O) groups is 1. The Morgan fingerprint density at radius 1 is 0.969 bits per heavy atom. The fourth-order valence-electron chi connectivity index (χ4n) is 3.04. The van der Waals surface area contributed by atoms with Crippen LogP contribution in [0.3, 0.4) is 0 Å². The molecular formula is C23H23FN2O5S. The largest absolute Gasteiger partial charge is 0.497 e. The fourth-order valence-corrected chi connectivity index (χ4v) is 4.23. The molecule has 0 aliphatic rings. The summed E-state index contributed by atoms with van der Waals surface area (Å²) in [6.07, 6.45) is 0.0966. The van der Waals surface area contributed by atoms with Crippen molar-refractivity contribution in [2.24, 2.45) is 0 Å². The van der Waals surface area contributed by atoms with Crippen LogP contribution in [0.2, 0.25) is 0 Å². The Balaban J connectivity index is 1.90. The highest BCUT2D eigenvalue weighted by Gasteiger charge is 2.27. The maximum atomic E-state index is 13.2. The van der Waals surface area contributed by atoms with Gasteiger partial charge < -0.3 is 14.8 Å². The quantitative estimate of drug-likeness (QED) is 0.513. The number of ether oxygens (including phenoxy) is 2. The third-order valence-electron chi connectivity index (χ3n) is 4.69. The van der Waals surface area contributed by atoms with Gasteiger partial charge in [0.2, 0.25) is 15.9 Å². The molecule has 0 aliphatic carbocycles. The van der Waals surface area contributed by atoms with Gasteiger partial charge in [0.1, 0.15) is 23.4 Å². The molecule has 0 aliphatic heterocycles. The van der Waals surface area contributed by atoms with Crippen molar-refractivity contribution in [3.05, 3.63) is 84.2 Å². The first-order chi connectivity index (χ1) is 15.3. The lowest BCUT2D eigenvalue weighted by atomic mass is 10.1. The van der Waals surface area contributed by atoms with Crippen LogP contribution in [0, 0.1) is 5.82 Å². The van der Waals surface area contributed by atoms with Gasteiger partial charge in [-0.1, -0.05) is 30.3 Å². The van der Waals surface area contributed by atoms with Gasteiger partial charge in [-0.05, 0) is 48.4 Å². The van der Waals surface area contributed by atoms with E-state index < -0.39 is 27.8 Å². The highest BCUT2D eigenvalue weighted by Crippen LogP contribution is 2.29. The third kappa shape index (κ3) is 5.83. The normalized spacial score (nSPS) is 12.1. The van der Waals surface area contributed by atoms with Gasteiger partial charge in [0.25, 0.3) is 0 Å². The average Bonchev–Trinajstić information content (AvgIpc) is 2.79. The Morgan fingerprint density at radius 2 is 1.66 bits per heavy atom. The second kappa shape index (κ2) is 10.3. The molecule has 1 amide bonds. The minimum atomic E-state index is -4.10. The monoisotopic (exact) mass is 458 g/mol. The summed E-state index contributed by atoms with van der Waals surface area (Å²) in [6, 6.07) is 17.1. The Hall–Kier alpha value is -3.43. The molecule has 168 valence electrons. The maximum Gasteiger partial charge on any atom is 0.243 e. The van der Waals surface area contributed by atoms with Crippen molar-refractivity contribution in [1.82, 2.24) is 4.72 Å². The molecule has 32 heavy (non-hydrogen) atoms. The van der Waals surface area contributed by atoms with Gasteiger partial charge in [-0.15, -0.1) is 0 Å². The standard InChI is InChI=1S/C23H23FN2O5S/c1-30-18-10-13-22(31-2)20(15-18)25-23(27)21(14-16-6-4-3-5-7-16)26-32(28,29)19-11-8-17(24)9-12-19/h3-13,15,21,26H,14H2,1-2H3,(H,25,27)/t21-/m0/s1. The predicted octanol–water partition coefficient (Wildman–Crippen LogP) is 3.37. The van der Waals surface area contributed by atoms with E-state index in [1.165, 1.54) is 14.2 Å². The first-order valence-electron chi connectivity index (χ1n) is 9.67. The van der Waals surface area contributed by atoms with Crippen molar-refractivity contribution in [3.63, 3.8) is 0 Å². The van der Waals surface area contributed by atoms with Crippen molar-refractivity contribution < 1.29 is 27.1 Å². The highest BCUT2D eigenvalue weighted by molar-refractivity contribution is 7.89. The summed E-state index contributed by atoms with van der Waals surface area (Å²) in [6.45, 7) is 0. The van der Waals surface area contributed by atoms with Gasteiger partial charge >= 0.3 is 0 Å². The van der Waals surface area contributed by atoms with Gasteiger partial charge in [0, 0.05) is 6.07 Å². The summed E-state index contributed by atoms with van der Waals surface area (Å²) in [5.41, 5.74) is 1.09. The van der Waals surface area contributed by atoms with Crippen LogP contribution in [0.25, 0.3) is 0 Å². The number of methoxy groups -OCH3 is 2. The van der Waals surface area contributed by atoms with Crippen LogP contribution < -0.4 is 19.5 Å². The number of nitrogens with one attached hydrogen (secondary N) is 2. The van der Waals surface area contributed by atoms with Gasteiger partial charge in [0.15, 0.2) is 0 Å². The SMILES string of the molecule is COc1ccc(OC)c(NC(=O)[C@H](Cc2ccccc2)NS(=O)(=O)c2ccc(F)cc2)c1. The number of hydrogen-bond donors (Lipinski definition) is 2. The van der Waals surface area contributed by atoms with E-state index in [2.05, 4.69) is 10.0 Å². The van der Waals surface area contributed by atoms with Gasteiger partial charge in [-0.3, -0.25) is 4.79 Å². The number of sulfonamides is 1. The van der Waals surface area contributed by atoms with E-state index in [-0.39, 0.29) is 11.3 Å². The van der Waals surface area contributed by atoms with Gasteiger partial charge in [0.05, 0.1) is 24.8 Å². The molecule has 2 N–H and O–H groups in total. The molecular weight excluding hydrogens is 435 g/mol. The molecule has 3 aromatic carbocycles. The predicted molar refractivity (Wildman–Crippen MR) is 119 cm³/mol. The first kappa shape index (κ1) is 23.2. The second-order valence-corrected chi connectivity index (χ2v) is 8.59. The Morgan fingerprint density at radius 3 is 2.28 bits per heavy atom. The van der Waals surface area contributed by atoms with Crippen LogP contribution in [0.1, 0.15) is 5.56 Å². The lowest BCUT2D eigenvalue weighted by Crippen LogP contribution is -2.45. The summed E-state index contributed by atoms with van der Waals surface area (Å²) in [4.78, 5) is 13.0. The number of rotatable bonds is 9. The third-order valence-corrected chi connectivity index (χ3v) is 6.17. The van der Waals surface area contributed by atoms with Crippen LogP contribution in [-0.4, -0.2) is 34.6 Å². The topological polar surface area (TPSA) is 93.7 Å². The summed E-state index contributed by atoms with van der Waals surface area (Å²) in [5, 5.41) is 2.71. The Bertz CT molecular complexity index is 1170. The van der Waals surface area contributed by atoms with Gasteiger partial charge in [-0.2, -0.15) is 4.72 Å². The number of anilines is 1. The maximum absolute atomic E-state index is 13.2. The fraction of sp³-hybridized carbons (Fsp3) is 0.174. The van der Waals surface area contributed by atoms with Crippen LogP contribution in [-0.2, 0) is 21.2 Å². The van der Waals surface area contributed by atoms with Crippen LogP contribution >= 0.6 is 0 Å². The molecule has 0 heterocycles. The van der Waals surface area contributed by atoms with E-state index in [1.54, 1.807) is 42.5 Å². The van der Waals surface area contributed by atoms with E-state index in [1.807, 2.05) is 6.07 Å². The van der Waals surface area contributed by atoms with Crippen molar-refractivity contribution in [2.75, 3.05) is 19.5 Å². The zero-order valence-corrected chi connectivity index (χ0v) is 18.4. The first-order valence-corrected chi connectivity index (χ1v) is 11.2. The van der Waals surface area contributed by atoms with Crippen molar-refractivity contribution in [2.45, 2.75) is 17.4 Å². The highest BCUT2D eigenvalue weighted by atomic mass is 32.2. The Kier molecular flexibility index (Phi) is 7.45. The molecule has 7 nitrogen and oxygen atoms in total. The zero-order chi connectivity index (χ0) is 23.1. The molecule has 0 spiro atoms. The van der Waals surface area contributed by atoms with E-state index in [0.29, 0.717) is 17.2 Å². The molecule has 0 saturated carbocycles. The number of benzene rings is 3. The van der Waals surface area contributed by atoms with Crippen molar-refractivity contribution in [3.8, 4) is 11.5 Å². The van der Waals surface area contributed by atoms with E-state index in [9.17, 15) is 17.6 Å². The van der Waals surface area contributed by atoms with Gasteiger partial charge in [-0.25, -0.2) is 12.8 Å². The average molecular weight is 459 g/mol. The van der Waals surface area contributed by atoms with E-state index in [4.69, 9.17) is 9.47 Å². The lowest BCUT2D eigenvalue weighted by molar-refractivity contribution is -0.117. The van der Waals surface area contributed by atoms with Crippen LogP contribution in [0.5, 0.6) is 11.5 Å². The smallest absolute Gasteiger partial charge is 0.243 e. The molecule has 9 heteroatoms. The summed E-state index contributed by atoms with van der Waals surface area (Å²) in [5.74, 6) is -0.273. The van der Waals surface area contributed by atoms with Crippen LogP contribution in [0.15, 0.2) is 77.7 Å². The molecule has 0 radical (unpaired) electrons. The minimum Gasteiger partial charge on any atom is -0.497 e. The molecule has 0 aromatic heterocycles. The van der Waals surface area contributed by atoms with Crippen molar-refractivity contribution in [1.29, 1.82) is 0 Å². The molecule has 0 saturated heterocycles. The summed E-state index contributed by atoms with van der Waals surface area (Å²) < 4.78 is 51.9. The Labute approximate surface area is 186 Å². The van der Waals surface area contributed by atoms with E-state index >= 15 is 0 Å². The zero-order valence-electron chi connectivity index (χ0n) is 17.5. The number of hydrogen-bond acceptors (Lipinski definition) is 5. The number of carbonyl (C=O) groups excluding carboxylic acids is 1. The number of halogens is 1. The molecule has 3 aromatic rings. The molecule has 0 bridgehead atoms. The molecule has 3 rings (SSSR count). The summed E-state index contributed by atoms with van der Waals surface area (Å²) >= 11 is 0. The second-order valence-electron chi connectivity index (χ2n) is 6.87. The molecule has 1 atom stereocenters. The summed E-state index contributed by atoms with van der Waals surface area (Å²) in [7, 11) is -1.15. The molecule has 0 unspecified atom stereocenters. The van der Waals surface area contributed by atoms with Crippen molar-refractivity contribution >= 4 is 21.6 Å². The lowest BCUT2D eigenvalue weighted by Gasteiger charge is -2.20. The van der Waals surface area contributed by atoms with Crippen LogP contribution in [0.4, 0.5) is 10.1 Å². The molecule has 0 fully saturated rings. The number of amides is 1.